The highest BCUT2D eigenvalue weighted by atomic mass is 35.5. The number of likely N-dealkylation sites (N-methyl/N-ethyl adjacent to an activating group) is 1. The maximum Gasteiger partial charge on any atom is 0.253 e. The van der Waals surface area contributed by atoms with E-state index in [4.69, 9.17) is 16.3 Å². The molecule has 6 heteroatoms. The lowest BCUT2D eigenvalue weighted by Gasteiger charge is -2.23. The van der Waals surface area contributed by atoms with Crippen LogP contribution in [0, 0.1) is 5.92 Å². The molecule has 0 bridgehead atoms. The number of benzene rings is 1. The molecular weight excluding hydrogens is 304 g/mol. The van der Waals surface area contributed by atoms with Gasteiger partial charge in [0.15, 0.2) is 0 Å². The number of carbonyl (C=O) groups is 2. The summed E-state index contributed by atoms with van der Waals surface area (Å²) in [5.41, 5.74) is 0.379. The average molecular weight is 325 g/mol. The fourth-order valence-electron chi connectivity index (χ4n) is 2.45. The van der Waals surface area contributed by atoms with Crippen molar-refractivity contribution < 1.29 is 14.3 Å². The topological polar surface area (TPSA) is 58.6 Å². The lowest BCUT2D eigenvalue weighted by Crippen LogP contribution is -2.42. The average Bonchev–Trinajstić information content (AvgIpc) is 3.03. The minimum Gasteiger partial charge on any atom is -0.381 e. The molecule has 5 nitrogen and oxygen atoms in total. The molecule has 0 radical (unpaired) electrons. The van der Waals surface area contributed by atoms with Crippen molar-refractivity contribution in [3.05, 3.63) is 34.9 Å². The van der Waals surface area contributed by atoms with Gasteiger partial charge in [-0.2, -0.15) is 0 Å². The summed E-state index contributed by atoms with van der Waals surface area (Å²) >= 11 is 5.97. The van der Waals surface area contributed by atoms with Gasteiger partial charge in [0.2, 0.25) is 5.91 Å². The van der Waals surface area contributed by atoms with Gasteiger partial charge in [-0.25, -0.2) is 0 Å². The van der Waals surface area contributed by atoms with Crippen LogP contribution in [0.4, 0.5) is 0 Å². The second-order valence-corrected chi connectivity index (χ2v) is 5.73. The normalized spacial score (nSPS) is 17.3. The molecule has 0 aromatic heterocycles. The number of halogens is 1. The van der Waals surface area contributed by atoms with Gasteiger partial charge >= 0.3 is 0 Å². The van der Waals surface area contributed by atoms with Crippen molar-refractivity contribution in [2.45, 2.75) is 13.3 Å². The van der Waals surface area contributed by atoms with Crippen molar-refractivity contribution in [2.24, 2.45) is 5.92 Å². The minimum atomic E-state index is -0.334. The number of carbonyl (C=O) groups excluding carboxylic acids is 2. The molecule has 1 atom stereocenters. The van der Waals surface area contributed by atoms with Gasteiger partial charge < -0.3 is 15.0 Å². The molecule has 2 rings (SSSR count). The van der Waals surface area contributed by atoms with Gasteiger partial charge in [0.1, 0.15) is 0 Å². The van der Waals surface area contributed by atoms with E-state index in [-0.39, 0.29) is 18.4 Å². The third-order valence-electron chi connectivity index (χ3n) is 3.76. The van der Waals surface area contributed by atoms with Crippen LogP contribution >= 0.6 is 11.6 Å². The largest absolute Gasteiger partial charge is 0.381 e. The summed E-state index contributed by atoms with van der Waals surface area (Å²) in [4.78, 5) is 26.0. The highest BCUT2D eigenvalue weighted by Crippen LogP contribution is 2.15. The fraction of sp³-hybridized carbons (Fsp3) is 0.500. The van der Waals surface area contributed by atoms with E-state index in [9.17, 15) is 9.59 Å². The molecule has 1 N–H and O–H groups in total. The van der Waals surface area contributed by atoms with Crippen molar-refractivity contribution in [3.8, 4) is 0 Å². The summed E-state index contributed by atoms with van der Waals surface area (Å²) in [6.07, 6.45) is 0.982. The number of hydrogen-bond acceptors (Lipinski definition) is 3. The number of hydrogen-bond donors (Lipinski definition) is 1. The molecule has 1 saturated heterocycles. The number of amides is 2. The molecule has 0 saturated carbocycles. The Balaban J connectivity index is 1.85. The maximum atomic E-state index is 12.2. The zero-order valence-electron chi connectivity index (χ0n) is 12.7. The van der Waals surface area contributed by atoms with Crippen molar-refractivity contribution in [2.75, 3.05) is 32.8 Å². The molecule has 1 aromatic rings. The molecule has 22 heavy (non-hydrogen) atoms. The Morgan fingerprint density at radius 1 is 1.41 bits per heavy atom. The smallest absolute Gasteiger partial charge is 0.253 e. The SMILES string of the molecule is CCN(C[C@@H]1CCOC1)C(=O)CNC(=O)c1ccccc1Cl. The summed E-state index contributed by atoms with van der Waals surface area (Å²) < 4.78 is 5.33. The summed E-state index contributed by atoms with van der Waals surface area (Å²) in [5, 5.41) is 3.01. The highest BCUT2D eigenvalue weighted by molar-refractivity contribution is 6.33. The van der Waals surface area contributed by atoms with Crippen LogP contribution in [0.1, 0.15) is 23.7 Å². The molecule has 2 amide bonds. The zero-order valence-corrected chi connectivity index (χ0v) is 13.4. The van der Waals surface area contributed by atoms with Gasteiger partial charge in [0, 0.05) is 25.6 Å². The molecular formula is C16H21ClN2O3. The van der Waals surface area contributed by atoms with E-state index in [1.54, 1.807) is 29.2 Å². The van der Waals surface area contributed by atoms with E-state index in [0.717, 1.165) is 13.0 Å². The monoisotopic (exact) mass is 324 g/mol. The molecule has 1 aliphatic rings. The van der Waals surface area contributed by atoms with E-state index >= 15 is 0 Å². The van der Waals surface area contributed by atoms with Crippen LogP contribution in [0.3, 0.4) is 0 Å². The van der Waals surface area contributed by atoms with Crippen LogP contribution < -0.4 is 5.32 Å². The molecule has 0 unspecified atom stereocenters. The summed E-state index contributed by atoms with van der Waals surface area (Å²) in [7, 11) is 0. The Bertz CT molecular complexity index is 530. The van der Waals surface area contributed by atoms with E-state index in [0.29, 0.717) is 36.2 Å². The Morgan fingerprint density at radius 2 is 2.18 bits per heavy atom. The number of nitrogens with zero attached hydrogens (tertiary/aromatic N) is 1. The summed E-state index contributed by atoms with van der Waals surface area (Å²) in [6.45, 7) is 4.68. The van der Waals surface area contributed by atoms with Gasteiger partial charge in [-0.05, 0) is 25.5 Å². The first-order valence-electron chi connectivity index (χ1n) is 7.50. The second-order valence-electron chi connectivity index (χ2n) is 5.32. The zero-order chi connectivity index (χ0) is 15.9. The lowest BCUT2D eigenvalue weighted by molar-refractivity contribution is -0.130. The molecule has 0 spiro atoms. The first-order valence-corrected chi connectivity index (χ1v) is 7.87. The van der Waals surface area contributed by atoms with Gasteiger partial charge in [-0.1, -0.05) is 23.7 Å². The molecule has 1 aromatic carbocycles. The van der Waals surface area contributed by atoms with Crippen molar-refractivity contribution in [1.82, 2.24) is 10.2 Å². The van der Waals surface area contributed by atoms with Crippen LogP contribution in [0.5, 0.6) is 0 Å². The Hall–Kier alpha value is -1.59. The van der Waals surface area contributed by atoms with E-state index in [1.165, 1.54) is 0 Å². The Morgan fingerprint density at radius 3 is 2.82 bits per heavy atom. The number of rotatable bonds is 6. The van der Waals surface area contributed by atoms with E-state index < -0.39 is 0 Å². The summed E-state index contributed by atoms with van der Waals surface area (Å²) in [5.74, 6) is -0.0304. The van der Waals surface area contributed by atoms with Crippen LogP contribution in [0.25, 0.3) is 0 Å². The van der Waals surface area contributed by atoms with Crippen molar-refractivity contribution in [1.29, 1.82) is 0 Å². The van der Waals surface area contributed by atoms with Crippen molar-refractivity contribution in [3.63, 3.8) is 0 Å². The van der Waals surface area contributed by atoms with Crippen LogP contribution in [-0.4, -0.2) is 49.6 Å². The molecule has 0 aliphatic carbocycles. The minimum absolute atomic E-state index is 0.0223. The van der Waals surface area contributed by atoms with Crippen LogP contribution in [0.2, 0.25) is 5.02 Å². The first kappa shape index (κ1) is 16.8. The second kappa shape index (κ2) is 8.15. The van der Waals surface area contributed by atoms with E-state index in [1.807, 2.05) is 6.92 Å². The standard InChI is InChI=1S/C16H21ClN2O3/c1-2-19(10-12-7-8-22-11-12)15(20)9-18-16(21)13-5-3-4-6-14(13)17/h3-6,12H,2,7-11H2,1H3,(H,18,21)/t12-/m0/s1. The van der Waals surface area contributed by atoms with Gasteiger partial charge in [0.05, 0.1) is 23.7 Å². The molecule has 1 fully saturated rings. The van der Waals surface area contributed by atoms with Gasteiger partial charge in [-0.15, -0.1) is 0 Å². The van der Waals surface area contributed by atoms with Gasteiger partial charge in [-0.3, -0.25) is 9.59 Å². The Kier molecular flexibility index (Phi) is 6.21. The van der Waals surface area contributed by atoms with Crippen LogP contribution in [0.15, 0.2) is 24.3 Å². The number of ether oxygens (including phenoxy) is 1. The first-order chi connectivity index (χ1) is 10.6. The van der Waals surface area contributed by atoms with E-state index in [2.05, 4.69) is 5.32 Å². The molecule has 1 aliphatic heterocycles. The quantitative estimate of drug-likeness (QED) is 0.870. The highest BCUT2D eigenvalue weighted by Gasteiger charge is 2.22. The maximum absolute atomic E-state index is 12.2. The predicted molar refractivity (Wildman–Crippen MR) is 85.0 cm³/mol. The molecule has 1 heterocycles. The lowest BCUT2D eigenvalue weighted by atomic mass is 10.1. The number of nitrogens with one attached hydrogen (secondary N) is 1. The molecule has 120 valence electrons. The Labute approximate surface area is 135 Å². The third kappa shape index (κ3) is 4.45. The van der Waals surface area contributed by atoms with Crippen LogP contribution in [-0.2, 0) is 9.53 Å². The van der Waals surface area contributed by atoms with Gasteiger partial charge in [0.25, 0.3) is 5.91 Å². The summed E-state index contributed by atoms with van der Waals surface area (Å²) in [6, 6.07) is 6.78. The predicted octanol–water partition coefficient (Wildman–Crippen LogP) is 1.95. The fourth-order valence-corrected chi connectivity index (χ4v) is 2.68. The van der Waals surface area contributed by atoms with Crippen molar-refractivity contribution >= 4 is 23.4 Å². The third-order valence-corrected chi connectivity index (χ3v) is 4.09.